The molecule has 0 radical (unpaired) electrons. The van der Waals surface area contributed by atoms with Gasteiger partial charge in [-0.15, -0.1) is 11.6 Å². The Morgan fingerprint density at radius 2 is 2.06 bits per heavy atom. The van der Waals surface area contributed by atoms with E-state index in [-0.39, 0.29) is 29.6 Å². The molecule has 0 amide bonds. The molecule has 2 aliphatic rings. The van der Waals surface area contributed by atoms with Gasteiger partial charge in [-0.3, -0.25) is 0 Å². The van der Waals surface area contributed by atoms with Gasteiger partial charge >= 0.3 is 0 Å². The van der Waals surface area contributed by atoms with Gasteiger partial charge in [0.2, 0.25) is 6.79 Å². The number of sulfone groups is 1. The second kappa shape index (κ2) is 4.31. The summed E-state index contributed by atoms with van der Waals surface area (Å²) in [6.07, 6.45) is 0.630. The van der Waals surface area contributed by atoms with Crippen LogP contribution >= 0.6 is 11.6 Å². The Labute approximate surface area is 111 Å². The number of rotatable bonds is 2. The average Bonchev–Trinajstić information content (AvgIpc) is 2.93. The number of alkyl halides is 1. The van der Waals surface area contributed by atoms with Crippen LogP contribution in [0, 0.1) is 5.92 Å². The SMILES string of the molecule is O=S1(=O)CCC(C(Cl)c2ccc3c(c2)OCO3)C1. The van der Waals surface area contributed by atoms with Crippen molar-refractivity contribution < 1.29 is 17.9 Å². The third-order valence-corrected chi connectivity index (χ3v) is 5.80. The molecule has 2 unspecified atom stereocenters. The minimum atomic E-state index is -2.90. The molecule has 2 heterocycles. The van der Waals surface area contributed by atoms with Gasteiger partial charge < -0.3 is 9.47 Å². The molecular weight excluding hydrogens is 276 g/mol. The average molecular weight is 289 g/mol. The van der Waals surface area contributed by atoms with Crippen LogP contribution in [0.2, 0.25) is 0 Å². The van der Waals surface area contributed by atoms with Gasteiger partial charge in [-0.1, -0.05) is 6.07 Å². The molecule has 3 rings (SSSR count). The number of halogens is 1. The third kappa shape index (κ3) is 2.17. The second-order valence-corrected chi connectivity index (χ2v) is 7.38. The maximum atomic E-state index is 11.5. The molecule has 2 aliphatic heterocycles. The Balaban J connectivity index is 1.83. The first-order chi connectivity index (χ1) is 8.55. The van der Waals surface area contributed by atoms with Crippen LogP contribution in [0.5, 0.6) is 11.5 Å². The van der Waals surface area contributed by atoms with Crippen LogP contribution < -0.4 is 9.47 Å². The number of fused-ring (bicyclic) bond motifs is 1. The second-order valence-electron chi connectivity index (χ2n) is 4.68. The Hall–Kier alpha value is -0.940. The lowest BCUT2D eigenvalue weighted by molar-refractivity contribution is 0.174. The zero-order chi connectivity index (χ0) is 12.8. The molecule has 98 valence electrons. The van der Waals surface area contributed by atoms with Crippen molar-refractivity contribution in [2.45, 2.75) is 11.8 Å². The molecule has 6 heteroatoms. The molecule has 0 aromatic heterocycles. The molecule has 0 N–H and O–H groups in total. The normalized spacial score (nSPS) is 26.2. The van der Waals surface area contributed by atoms with Crippen molar-refractivity contribution in [3.63, 3.8) is 0 Å². The molecule has 0 spiro atoms. The van der Waals surface area contributed by atoms with E-state index >= 15 is 0 Å². The third-order valence-electron chi connectivity index (χ3n) is 3.40. The quantitative estimate of drug-likeness (QED) is 0.782. The molecule has 1 aromatic carbocycles. The Morgan fingerprint density at radius 1 is 1.28 bits per heavy atom. The molecule has 1 saturated heterocycles. The van der Waals surface area contributed by atoms with Crippen LogP contribution in [-0.4, -0.2) is 26.7 Å². The predicted octanol–water partition coefficient (Wildman–Crippen LogP) is 2.13. The maximum Gasteiger partial charge on any atom is 0.231 e. The Kier molecular flexibility index (Phi) is 2.90. The molecule has 0 aliphatic carbocycles. The molecule has 1 fully saturated rings. The van der Waals surface area contributed by atoms with E-state index in [0.717, 1.165) is 5.56 Å². The topological polar surface area (TPSA) is 52.6 Å². The predicted molar refractivity (Wildman–Crippen MR) is 67.9 cm³/mol. The number of hydrogen-bond donors (Lipinski definition) is 0. The van der Waals surface area contributed by atoms with Crippen molar-refractivity contribution >= 4 is 21.4 Å². The highest BCUT2D eigenvalue weighted by molar-refractivity contribution is 7.91. The minimum absolute atomic E-state index is 0.0166. The fraction of sp³-hybridized carbons (Fsp3) is 0.500. The fourth-order valence-electron chi connectivity index (χ4n) is 2.41. The van der Waals surface area contributed by atoms with Crippen molar-refractivity contribution in [1.29, 1.82) is 0 Å². The Morgan fingerprint density at radius 3 is 2.78 bits per heavy atom. The lowest BCUT2D eigenvalue weighted by Crippen LogP contribution is -2.10. The summed E-state index contributed by atoms with van der Waals surface area (Å²) in [5.41, 5.74) is 0.892. The molecule has 1 aromatic rings. The van der Waals surface area contributed by atoms with E-state index in [1.54, 1.807) is 0 Å². The highest BCUT2D eigenvalue weighted by Crippen LogP contribution is 2.40. The molecule has 0 bridgehead atoms. The van der Waals surface area contributed by atoms with Gasteiger partial charge in [0.05, 0.1) is 16.9 Å². The summed E-state index contributed by atoms with van der Waals surface area (Å²) in [4.78, 5) is 0. The van der Waals surface area contributed by atoms with E-state index in [1.807, 2.05) is 18.2 Å². The van der Waals surface area contributed by atoms with E-state index in [0.29, 0.717) is 17.9 Å². The van der Waals surface area contributed by atoms with Crippen LogP contribution in [0.4, 0.5) is 0 Å². The number of ether oxygens (including phenoxy) is 2. The molecule has 4 nitrogen and oxygen atoms in total. The Bertz CT molecular complexity index is 569. The van der Waals surface area contributed by atoms with Gasteiger partial charge in [0.1, 0.15) is 0 Å². The van der Waals surface area contributed by atoms with Crippen LogP contribution in [-0.2, 0) is 9.84 Å². The summed E-state index contributed by atoms with van der Waals surface area (Å²) < 4.78 is 33.4. The van der Waals surface area contributed by atoms with Crippen LogP contribution in [0.15, 0.2) is 18.2 Å². The molecular formula is C12H13ClO4S. The minimum Gasteiger partial charge on any atom is -0.454 e. The molecule has 0 saturated carbocycles. The largest absolute Gasteiger partial charge is 0.454 e. The lowest BCUT2D eigenvalue weighted by atomic mass is 9.98. The van der Waals surface area contributed by atoms with Gasteiger partial charge in [0, 0.05) is 0 Å². The summed E-state index contributed by atoms with van der Waals surface area (Å²) in [6.45, 7) is 0.226. The molecule has 2 atom stereocenters. The number of hydrogen-bond acceptors (Lipinski definition) is 4. The molecule has 18 heavy (non-hydrogen) atoms. The van der Waals surface area contributed by atoms with Gasteiger partial charge in [-0.25, -0.2) is 8.42 Å². The first-order valence-electron chi connectivity index (χ1n) is 5.79. The lowest BCUT2D eigenvalue weighted by Gasteiger charge is -2.16. The standard InChI is InChI=1S/C12H13ClO4S/c13-12(9-3-4-18(14,15)6-9)8-1-2-10-11(5-8)17-7-16-10/h1-2,5,9,12H,3-4,6-7H2. The van der Waals surface area contributed by atoms with E-state index in [9.17, 15) is 8.42 Å². The van der Waals surface area contributed by atoms with Gasteiger partial charge in [-0.2, -0.15) is 0 Å². The van der Waals surface area contributed by atoms with Crippen molar-refractivity contribution in [2.75, 3.05) is 18.3 Å². The summed E-state index contributed by atoms with van der Waals surface area (Å²) in [5, 5.41) is -0.295. The number of benzene rings is 1. The van der Waals surface area contributed by atoms with Crippen LogP contribution in [0.1, 0.15) is 17.4 Å². The van der Waals surface area contributed by atoms with Crippen molar-refractivity contribution in [3.05, 3.63) is 23.8 Å². The van der Waals surface area contributed by atoms with Crippen molar-refractivity contribution in [2.24, 2.45) is 5.92 Å². The smallest absolute Gasteiger partial charge is 0.231 e. The first kappa shape index (κ1) is 12.1. The van der Waals surface area contributed by atoms with Crippen molar-refractivity contribution in [1.82, 2.24) is 0 Å². The van der Waals surface area contributed by atoms with Gasteiger partial charge in [-0.05, 0) is 30.0 Å². The summed E-state index contributed by atoms with van der Waals surface area (Å²) >= 11 is 6.38. The summed E-state index contributed by atoms with van der Waals surface area (Å²) in [6, 6.07) is 5.53. The van der Waals surface area contributed by atoms with Gasteiger partial charge in [0.25, 0.3) is 0 Å². The van der Waals surface area contributed by atoms with Crippen LogP contribution in [0.25, 0.3) is 0 Å². The van der Waals surface area contributed by atoms with Crippen LogP contribution in [0.3, 0.4) is 0 Å². The van der Waals surface area contributed by atoms with Crippen molar-refractivity contribution in [3.8, 4) is 11.5 Å². The summed E-state index contributed by atoms with van der Waals surface area (Å²) in [7, 11) is -2.90. The summed E-state index contributed by atoms with van der Waals surface area (Å²) in [5.74, 6) is 1.79. The zero-order valence-corrected chi connectivity index (χ0v) is 11.2. The monoisotopic (exact) mass is 288 g/mol. The highest BCUT2D eigenvalue weighted by atomic mass is 35.5. The van der Waals surface area contributed by atoms with Gasteiger partial charge in [0.15, 0.2) is 21.3 Å². The first-order valence-corrected chi connectivity index (χ1v) is 8.05. The van der Waals surface area contributed by atoms with E-state index in [4.69, 9.17) is 21.1 Å². The van der Waals surface area contributed by atoms with E-state index < -0.39 is 9.84 Å². The zero-order valence-electron chi connectivity index (χ0n) is 9.63. The maximum absolute atomic E-state index is 11.5. The highest BCUT2D eigenvalue weighted by Gasteiger charge is 2.34. The van der Waals surface area contributed by atoms with E-state index in [2.05, 4.69) is 0 Å². The van der Waals surface area contributed by atoms with E-state index in [1.165, 1.54) is 0 Å². The fourth-order valence-corrected chi connectivity index (χ4v) is 4.71.